The van der Waals surface area contributed by atoms with Gasteiger partial charge in [0, 0.05) is 37.1 Å². The van der Waals surface area contributed by atoms with Crippen LogP contribution in [0.1, 0.15) is 18.4 Å². The number of rotatable bonds is 9. The summed E-state index contributed by atoms with van der Waals surface area (Å²) in [6.07, 6.45) is 1.18. The molecular formula is C22H27BrN2O3. The van der Waals surface area contributed by atoms with Gasteiger partial charge < -0.3 is 14.8 Å². The van der Waals surface area contributed by atoms with E-state index in [1.165, 1.54) is 5.56 Å². The maximum atomic E-state index is 12.1. The van der Waals surface area contributed by atoms with Gasteiger partial charge in [-0.15, -0.1) is 0 Å². The third-order valence-electron chi connectivity index (χ3n) is 4.61. The number of morpholine rings is 1. The SMILES string of the molecule is O=C(CCCOc1cccc(Br)c1)NCC1CN(Cc2ccccc2)CCO1. The van der Waals surface area contributed by atoms with E-state index in [0.717, 1.165) is 29.9 Å². The number of hydrogen-bond acceptors (Lipinski definition) is 4. The first kappa shape index (κ1) is 20.8. The summed E-state index contributed by atoms with van der Waals surface area (Å²) in [7, 11) is 0. The van der Waals surface area contributed by atoms with Crippen molar-refractivity contribution >= 4 is 21.8 Å². The zero-order valence-corrected chi connectivity index (χ0v) is 17.6. The molecule has 1 unspecified atom stereocenters. The molecule has 28 heavy (non-hydrogen) atoms. The number of carbonyl (C=O) groups is 1. The first-order valence-electron chi connectivity index (χ1n) is 9.72. The number of ether oxygens (including phenoxy) is 2. The molecule has 0 saturated carbocycles. The first-order chi connectivity index (χ1) is 13.7. The monoisotopic (exact) mass is 446 g/mol. The largest absolute Gasteiger partial charge is 0.494 e. The molecular weight excluding hydrogens is 420 g/mol. The van der Waals surface area contributed by atoms with Gasteiger partial charge in [0.25, 0.3) is 0 Å². The molecule has 1 saturated heterocycles. The number of nitrogens with zero attached hydrogens (tertiary/aromatic N) is 1. The maximum Gasteiger partial charge on any atom is 0.220 e. The summed E-state index contributed by atoms with van der Waals surface area (Å²) in [5.74, 6) is 0.852. The third-order valence-corrected chi connectivity index (χ3v) is 5.11. The second kappa shape index (κ2) is 11.2. The van der Waals surface area contributed by atoms with Crippen LogP contribution in [0, 0.1) is 0 Å². The number of carbonyl (C=O) groups excluding carboxylic acids is 1. The molecule has 0 spiro atoms. The fraction of sp³-hybridized carbons (Fsp3) is 0.409. The second-order valence-corrected chi connectivity index (χ2v) is 7.84. The Kier molecular flexibility index (Phi) is 8.33. The van der Waals surface area contributed by atoms with Gasteiger partial charge in [-0.25, -0.2) is 0 Å². The summed E-state index contributed by atoms with van der Waals surface area (Å²) in [4.78, 5) is 14.5. The van der Waals surface area contributed by atoms with Crippen molar-refractivity contribution in [3.8, 4) is 5.75 Å². The molecule has 1 heterocycles. The summed E-state index contributed by atoms with van der Waals surface area (Å²) in [5.41, 5.74) is 1.30. The molecule has 2 aromatic carbocycles. The van der Waals surface area contributed by atoms with Gasteiger partial charge in [0.15, 0.2) is 0 Å². The number of amides is 1. The van der Waals surface area contributed by atoms with E-state index in [1.807, 2.05) is 30.3 Å². The zero-order valence-electron chi connectivity index (χ0n) is 16.0. The van der Waals surface area contributed by atoms with E-state index < -0.39 is 0 Å². The van der Waals surface area contributed by atoms with Crippen LogP contribution in [0.3, 0.4) is 0 Å². The van der Waals surface area contributed by atoms with Crippen LogP contribution in [-0.4, -0.2) is 49.8 Å². The molecule has 1 aliphatic rings. The summed E-state index contributed by atoms with van der Waals surface area (Å²) < 4.78 is 12.4. The van der Waals surface area contributed by atoms with Crippen molar-refractivity contribution in [1.82, 2.24) is 10.2 Å². The molecule has 3 rings (SSSR count). The van der Waals surface area contributed by atoms with Crippen molar-refractivity contribution in [2.24, 2.45) is 0 Å². The summed E-state index contributed by atoms with van der Waals surface area (Å²) in [6, 6.07) is 18.2. The molecule has 0 radical (unpaired) electrons. The van der Waals surface area contributed by atoms with Crippen molar-refractivity contribution in [3.63, 3.8) is 0 Å². The lowest BCUT2D eigenvalue weighted by molar-refractivity contribution is -0.122. The van der Waals surface area contributed by atoms with Gasteiger partial charge in [-0.2, -0.15) is 0 Å². The molecule has 0 bridgehead atoms. The number of benzene rings is 2. The average molecular weight is 447 g/mol. The van der Waals surface area contributed by atoms with Gasteiger partial charge in [-0.3, -0.25) is 9.69 Å². The van der Waals surface area contributed by atoms with Gasteiger partial charge in [-0.1, -0.05) is 52.3 Å². The molecule has 1 amide bonds. The van der Waals surface area contributed by atoms with Gasteiger partial charge in [0.2, 0.25) is 5.91 Å². The highest BCUT2D eigenvalue weighted by atomic mass is 79.9. The van der Waals surface area contributed by atoms with E-state index in [9.17, 15) is 4.79 Å². The van der Waals surface area contributed by atoms with E-state index in [4.69, 9.17) is 9.47 Å². The highest BCUT2D eigenvalue weighted by Gasteiger charge is 2.20. The third kappa shape index (κ3) is 7.26. The Balaban J connectivity index is 1.30. The highest BCUT2D eigenvalue weighted by Crippen LogP contribution is 2.18. The predicted molar refractivity (Wildman–Crippen MR) is 113 cm³/mol. The van der Waals surface area contributed by atoms with Gasteiger partial charge in [-0.05, 0) is 30.2 Å². The normalized spacial score (nSPS) is 17.2. The Morgan fingerprint density at radius 3 is 2.89 bits per heavy atom. The Bertz CT molecular complexity index is 742. The molecule has 1 fully saturated rings. The second-order valence-electron chi connectivity index (χ2n) is 6.93. The number of halogens is 1. The van der Waals surface area contributed by atoms with Crippen LogP contribution in [0.25, 0.3) is 0 Å². The maximum absolute atomic E-state index is 12.1. The zero-order chi connectivity index (χ0) is 19.6. The molecule has 1 N–H and O–H groups in total. The standard InChI is InChI=1S/C22H27BrN2O3/c23-19-8-4-9-20(14-19)27-12-5-10-22(26)24-15-21-17-25(11-13-28-21)16-18-6-2-1-3-7-18/h1-4,6-9,14,21H,5,10-13,15-17H2,(H,24,26). The van der Waals surface area contributed by atoms with E-state index in [2.05, 4.69) is 50.4 Å². The number of hydrogen-bond donors (Lipinski definition) is 1. The van der Waals surface area contributed by atoms with Crippen LogP contribution in [0.5, 0.6) is 5.75 Å². The van der Waals surface area contributed by atoms with Crippen molar-refractivity contribution < 1.29 is 14.3 Å². The minimum absolute atomic E-state index is 0.0410. The van der Waals surface area contributed by atoms with Gasteiger partial charge >= 0.3 is 0 Å². The fourth-order valence-electron chi connectivity index (χ4n) is 3.18. The molecule has 1 atom stereocenters. The quantitative estimate of drug-likeness (QED) is 0.597. The minimum atomic E-state index is 0.0410. The Labute approximate surface area is 175 Å². The summed E-state index contributed by atoms with van der Waals surface area (Å²) in [6.45, 7) is 4.45. The van der Waals surface area contributed by atoms with Gasteiger partial charge in [0.05, 0.1) is 19.3 Å². The van der Waals surface area contributed by atoms with Crippen molar-refractivity contribution in [2.45, 2.75) is 25.5 Å². The van der Waals surface area contributed by atoms with Crippen LogP contribution in [0.15, 0.2) is 59.1 Å². The number of nitrogens with one attached hydrogen (secondary N) is 1. The predicted octanol–water partition coefficient (Wildman–Crippen LogP) is 3.63. The summed E-state index contributed by atoms with van der Waals surface area (Å²) >= 11 is 3.42. The van der Waals surface area contributed by atoms with E-state index in [0.29, 0.717) is 32.6 Å². The molecule has 0 aromatic heterocycles. The Hall–Kier alpha value is -1.89. The van der Waals surface area contributed by atoms with Crippen LogP contribution in [0.2, 0.25) is 0 Å². The van der Waals surface area contributed by atoms with Crippen LogP contribution >= 0.6 is 15.9 Å². The van der Waals surface area contributed by atoms with E-state index >= 15 is 0 Å². The average Bonchev–Trinajstić information content (AvgIpc) is 2.71. The topological polar surface area (TPSA) is 50.8 Å². The van der Waals surface area contributed by atoms with Crippen LogP contribution in [0.4, 0.5) is 0 Å². The molecule has 0 aliphatic carbocycles. The Morgan fingerprint density at radius 1 is 1.21 bits per heavy atom. The first-order valence-corrected chi connectivity index (χ1v) is 10.5. The molecule has 5 nitrogen and oxygen atoms in total. The lowest BCUT2D eigenvalue weighted by Crippen LogP contribution is -2.47. The smallest absolute Gasteiger partial charge is 0.220 e. The molecule has 1 aliphatic heterocycles. The molecule has 6 heteroatoms. The van der Waals surface area contributed by atoms with Crippen molar-refractivity contribution in [1.29, 1.82) is 0 Å². The lowest BCUT2D eigenvalue weighted by atomic mass is 10.2. The fourth-order valence-corrected chi connectivity index (χ4v) is 3.56. The molecule has 150 valence electrons. The van der Waals surface area contributed by atoms with Crippen LogP contribution < -0.4 is 10.1 Å². The van der Waals surface area contributed by atoms with Crippen LogP contribution in [-0.2, 0) is 16.1 Å². The minimum Gasteiger partial charge on any atom is -0.494 e. The van der Waals surface area contributed by atoms with Gasteiger partial charge in [0.1, 0.15) is 5.75 Å². The van der Waals surface area contributed by atoms with E-state index in [1.54, 1.807) is 0 Å². The molecule has 2 aromatic rings. The summed E-state index contributed by atoms with van der Waals surface area (Å²) in [5, 5.41) is 2.99. The Morgan fingerprint density at radius 2 is 2.07 bits per heavy atom. The van der Waals surface area contributed by atoms with Crippen molar-refractivity contribution in [2.75, 3.05) is 32.8 Å². The van der Waals surface area contributed by atoms with Crippen molar-refractivity contribution in [3.05, 3.63) is 64.6 Å². The van der Waals surface area contributed by atoms with E-state index in [-0.39, 0.29) is 12.0 Å². The highest BCUT2D eigenvalue weighted by molar-refractivity contribution is 9.10. The lowest BCUT2D eigenvalue weighted by Gasteiger charge is -2.33.